The van der Waals surface area contributed by atoms with Crippen LogP contribution >= 0.6 is 11.3 Å². The summed E-state index contributed by atoms with van der Waals surface area (Å²) in [7, 11) is 0. The van der Waals surface area contributed by atoms with E-state index in [4.69, 9.17) is 9.51 Å². The molecule has 5 rings (SSSR count). The average Bonchev–Trinajstić information content (AvgIpc) is 3.45. The number of amides is 1. The van der Waals surface area contributed by atoms with E-state index in [1.807, 2.05) is 53.4 Å². The van der Waals surface area contributed by atoms with E-state index in [-0.39, 0.29) is 11.9 Å². The minimum Gasteiger partial charge on any atom is -0.339 e. The van der Waals surface area contributed by atoms with E-state index < -0.39 is 0 Å². The SMILES string of the molecule is O=C(CCc1nc(-c2ccccc2)no1)N1CCCCC1c1nc2ccccc2s1. The second kappa shape index (κ2) is 8.36. The molecule has 2 aromatic heterocycles. The van der Waals surface area contributed by atoms with E-state index in [1.54, 1.807) is 11.3 Å². The van der Waals surface area contributed by atoms with E-state index in [0.29, 0.717) is 24.6 Å². The van der Waals surface area contributed by atoms with Crippen molar-refractivity contribution in [1.82, 2.24) is 20.0 Å². The van der Waals surface area contributed by atoms with Crippen molar-refractivity contribution < 1.29 is 9.32 Å². The topological polar surface area (TPSA) is 72.1 Å². The number of thiazole rings is 1. The van der Waals surface area contributed by atoms with Crippen molar-refractivity contribution in [1.29, 1.82) is 0 Å². The van der Waals surface area contributed by atoms with E-state index in [2.05, 4.69) is 16.2 Å². The zero-order valence-corrected chi connectivity index (χ0v) is 17.3. The van der Waals surface area contributed by atoms with Crippen LogP contribution < -0.4 is 0 Å². The molecular formula is C23H22N4O2S. The van der Waals surface area contributed by atoms with Gasteiger partial charge in [-0.05, 0) is 31.4 Å². The van der Waals surface area contributed by atoms with Crippen molar-refractivity contribution in [2.75, 3.05) is 6.54 Å². The number of aryl methyl sites for hydroxylation is 1. The highest BCUT2D eigenvalue weighted by Gasteiger charge is 2.30. The summed E-state index contributed by atoms with van der Waals surface area (Å²) < 4.78 is 6.54. The third kappa shape index (κ3) is 3.85. The molecular weight excluding hydrogens is 396 g/mol. The van der Waals surface area contributed by atoms with E-state index in [9.17, 15) is 4.79 Å². The Bertz CT molecular complexity index is 1120. The summed E-state index contributed by atoms with van der Waals surface area (Å²) in [5, 5.41) is 5.08. The number of carbonyl (C=O) groups excluding carboxylic acids is 1. The van der Waals surface area contributed by atoms with Crippen molar-refractivity contribution in [2.45, 2.75) is 38.1 Å². The first-order chi connectivity index (χ1) is 14.8. The van der Waals surface area contributed by atoms with Crippen LogP contribution in [-0.2, 0) is 11.2 Å². The lowest BCUT2D eigenvalue weighted by Crippen LogP contribution is -2.38. The third-order valence-electron chi connectivity index (χ3n) is 5.47. The molecule has 1 atom stereocenters. The monoisotopic (exact) mass is 418 g/mol. The van der Waals surface area contributed by atoms with Crippen molar-refractivity contribution in [2.24, 2.45) is 0 Å². The molecule has 2 aromatic carbocycles. The van der Waals surface area contributed by atoms with Crippen LogP contribution in [0.15, 0.2) is 59.1 Å². The zero-order chi connectivity index (χ0) is 20.3. The fourth-order valence-corrected chi connectivity index (χ4v) is 5.05. The summed E-state index contributed by atoms with van der Waals surface area (Å²) in [6.07, 6.45) is 3.92. The number of fused-ring (bicyclic) bond motifs is 1. The molecule has 0 N–H and O–H groups in total. The van der Waals surface area contributed by atoms with Crippen LogP contribution in [0, 0.1) is 0 Å². The fraction of sp³-hybridized carbons (Fsp3) is 0.304. The van der Waals surface area contributed by atoms with E-state index >= 15 is 0 Å². The molecule has 0 saturated carbocycles. The largest absolute Gasteiger partial charge is 0.339 e. The van der Waals surface area contributed by atoms with Gasteiger partial charge in [0.05, 0.1) is 16.3 Å². The lowest BCUT2D eigenvalue weighted by molar-refractivity contribution is -0.135. The first kappa shape index (κ1) is 18.9. The molecule has 1 aliphatic rings. The van der Waals surface area contributed by atoms with Crippen LogP contribution in [0.3, 0.4) is 0 Å². The third-order valence-corrected chi connectivity index (χ3v) is 6.61. The average molecular weight is 419 g/mol. The molecule has 6 nitrogen and oxygen atoms in total. The number of aromatic nitrogens is 3. The fourth-order valence-electron chi connectivity index (χ4n) is 3.94. The molecule has 3 heterocycles. The van der Waals surface area contributed by atoms with Crippen LogP contribution in [0.25, 0.3) is 21.6 Å². The van der Waals surface area contributed by atoms with Gasteiger partial charge in [0.2, 0.25) is 17.6 Å². The maximum absolute atomic E-state index is 13.1. The van der Waals surface area contributed by atoms with Gasteiger partial charge in [-0.15, -0.1) is 11.3 Å². The predicted molar refractivity (Wildman–Crippen MR) is 116 cm³/mol. The van der Waals surface area contributed by atoms with Gasteiger partial charge in [-0.3, -0.25) is 4.79 Å². The number of hydrogen-bond acceptors (Lipinski definition) is 6. The van der Waals surface area contributed by atoms with Gasteiger partial charge in [-0.2, -0.15) is 4.98 Å². The maximum atomic E-state index is 13.1. The molecule has 30 heavy (non-hydrogen) atoms. The minimum absolute atomic E-state index is 0.0613. The van der Waals surface area contributed by atoms with Crippen LogP contribution in [0.4, 0.5) is 0 Å². The Kier molecular flexibility index (Phi) is 5.27. The molecule has 1 amide bonds. The van der Waals surface area contributed by atoms with Gasteiger partial charge in [-0.1, -0.05) is 47.6 Å². The Labute approximate surface area is 178 Å². The van der Waals surface area contributed by atoms with Gasteiger partial charge < -0.3 is 9.42 Å². The van der Waals surface area contributed by atoms with Gasteiger partial charge in [-0.25, -0.2) is 4.98 Å². The molecule has 1 saturated heterocycles. The Morgan fingerprint density at radius 2 is 1.90 bits per heavy atom. The molecule has 1 aliphatic heterocycles. The molecule has 0 aliphatic carbocycles. The Hall–Kier alpha value is -3.06. The van der Waals surface area contributed by atoms with Gasteiger partial charge in [0, 0.05) is 24.9 Å². The number of benzene rings is 2. The second-order valence-electron chi connectivity index (χ2n) is 7.50. The Balaban J connectivity index is 1.28. The molecule has 1 fully saturated rings. The van der Waals surface area contributed by atoms with Crippen LogP contribution in [0.2, 0.25) is 0 Å². The summed E-state index contributed by atoms with van der Waals surface area (Å²) in [6, 6.07) is 17.9. The maximum Gasteiger partial charge on any atom is 0.227 e. The van der Waals surface area contributed by atoms with Gasteiger partial charge in [0.25, 0.3) is 0 Å². The number of piperidine rings is 1. The summed E-state index contributed by atoms with van der Waals surface area (Å²) >= 11 is 1.69. The van der Waals surface area contributed by atoms with Crippen LogP contribution in [0.5, 0.6) is 0 Å². The molecule has 0 bridgehead atoms. The molecule has 7 heteroatoms. The van der Waals surface area contributed by atoms with Gasteiger partial charge in [0.15, 0.2) is 0 Å². The van der Waals surface area contributed by atoms with Crippen molar-refractivity contribution in [3.63, 3.8) is 0 Å². The van der Waals surface area contributed by atoms with Crippen LogP contribution in [-0.4, -0.2) is 32.5 Å². The number of para-hydroxylation sites is 1. The zero-order valence-electron chi connectivity index (χ0n) is 16.5. The predicted octanol–water partition coefficient (Wildman–Crippen LogP) is 5.03. The summed E-state index contributed by atoms with van der Waals surface area (Å²) in [6.45, 7) is 0.776. The van der Waals surface area contributed by atoms with Crippen molar-refractivity contribution in [3.8, 4) is 11.4 Å². The number of nitrogens with zero attached hydrogens (tertiary/aromatic N) is 4. The number of hydrogen-bond donors (Lipinski definition) is 0. The molecule has 0 radical (unpaired) electrons. The summed E-state index contributed by atoms with van der Waals surface area (Å²) in [5.74, 6) is 1.18. The first-order valence-electron chi connectivity index (χ1n) is 10.3. The normalized spacial score (nSPS) is 16.8. The van der Waals surface area contributed by atoms with Gasteiger partial charge >= 0.3 is 0 Å². The molecule has 1 unspecified atom stereocenters. The summed E-state index contributed by atoms with van der Waals surface area (Å²) in [4.78, 5) is 24.3. The smallest absolute Gasteiger partial charge is 0.227 e. The van der Waals surface area contributed by atoms with Crippen molar-refractivity contribution in [3.05, 3.63) is 65.5 Å². The molecule has 152 valence electrons. The standard InChI is InChI=1S/C23H22N4O2S/c28-21(14-13-20-25-22(26-29-20)16-8-2-1-3-9-16)27-15-7-6-11-18(27)23-24-17-10-4-5-12-19(17)30-23/h1-5,8-10,12,18H,6-7,11,13-15H2. The van der Waals surface area contributed by atoms with E-state index in [1.165, 1.54) is 4.70 Å². The lowest BCUT2D eigenvalue weighted by atomic mass is 10.0. The first-order valence-corrected chi connectivity index (χ1v) is 11.1. The van der Waals surface area contributed by atoms with Crippen LogP contribution in [0.1, 0.15) is 42.6 Å². The van der Waals surface area contributed by atoms with Gasteiger partial charge in [0.1, 0.15) is 5.01 Å². The van der Waals surface area contributed by atoms with Crippen molar-refractivity contribution >= 4 is 27.5 Å². The quantitative estimate of drug-likeness (QED) is 0.454. The highest BCUT2D eigenvalue weighted by atomic mass is 32.1. The number of likely N-dealkylation sites (tertiary alicyclic amines) is 1. The minimum atomic E-state index is 0.0613. The second-order valence-corrected chi connectivity index (χ2v) is 8.56. The number of carbonyl (C=O) groups is 1. The molecule has 0 spiro atoms. The van der Waals surface area contributed by atoms with E-state index in [0.717, 1.165) is 41.9 Å². The lowest BCUT2D eigenvalue weighted by Gasteiger charge is -2.34. The Morgan fingerprint density at radius 3 is 2.77 bits per heavy atom. The molecule has 4 aromatic rings. The number of rotatable bonds is 5. The highest BCUT2D eigenvalue weighted by Crippen LogP contribution is 2.36. The summed E-state index contributed by atoms with van der Waals surface area (Å²) in [5.41, 5.74) is 1.92. The Morgan fingerprint density at radius 1 is 1.07 bits per heavy atom. The highest BCUT2D eigenvalue weighted by molar-refractivity contribution is 7.18.